The lowest BCUT2D eigenvalue weighted by atomic mass is 10.1. The molecule has 0 aliphatic rings. The molecule has 0 unspecified atom stereocenters. The van der Waals surface area contributed by atoms with E-state index in [-0.39, 0.29) is 22.8 Å². The zero-order valence-electron chi connectivity index (χ0n) is 10.2. The van der Waals surface area contributed by atoms with Gasteiger partial charge in [0.05, 0.1) is 4.92 Å². The second kappa shape index (κ2) is 5.30. The second-order valence-corrected chi connectivity index (χ2v) is 4.15. The summed E-state index contributed by atoms with van der Waals surface area (Å²) in [5.74, 6) is -0.840. The van der Waals surface area contributed by atoms with Crippen LogP contribution in [0.5, 0.6) is 5.75 Å². The minimum absolute atomic E-state index is 0.0953. The van der Waals surface area contributed by atoms with Crippen molar-refractivity contribution >= 4 is 34.2 Å². The number of carbonyl (C=O) groups excluding carboxylic acids is 1. The summed E-state index contributed by atoms with van der Waals surface area (Å²) in [4.78, 5) is 32.6. The van der Waals surface area contributed by atoms with Crippen LogP contribution >= 0.6 is 11.6 Å². The van der Waals surface area contributed by atoms with E-state index < -0.39 is 22.2 Å². The lowest BCUT2D eigenvalue weighted by molar-refractivity contribution is -0.387. The van der Waals surface area contributed by atoms with Crippen molar-refractivity contribution in [2.24, 2.45) is 0 Å². The number of hydrogen-bond acceptors (Lipinski definition) is 6. The highest BCUT2D eigenvalue weighted by atomic mass is 35.5. The lowest BCUT2D eigenvalue weighted by Crippen LogP contribution is -2.10. The highest BCUT2D eigenvalue weighted by molar-refractivity contribution is 6.26. The number of esters is 1. The number of benzene rings is 1. The SMILES string of the molecule is Cc1c([N+](=O)[O-])c(=O)oc2cc(OC(=O)CCl)ccc12. The van der Waals surface area contributed by atoms with Crippen molar-refractivity contribution in [3.63, 3.8) is 0 Å². The van der Waals surface area contributed by atoms with Crippen LogP contribution in [0, 0.1) is 17.0 Å². The van der Waals surface area contributed by atoms with Gasteiger partial charge in [0, 0.05) is 17.0 Å². The van der Waals surface area contributed by atoms with E-state index in [1.807, 2.05) is 0 Å². The third kappa shape index (κ3) is 2.48. The van der Waals surface area contributed by atoms with Crippen LogP contribution < -0.4 is 10.4 Å². The van der Waals surface area contributed by atoms with Crippen LogP contribution in [-0.2, 0) is 4.79 Å². The number of nitro groups is 1. The summed E-state index contributed by atoms with van der Waals surface area (Å²) in [6.45, 7) is 1.45. The Morgan fingerprint density at radius 3 is 2.80 bits per heavy atom. The van der Waals surface area contributed by atoms with Gasteiger partial charge in [-0.2, -0.15) is 0 Å². The average Bonchev–Trinajstić information content (AvgIpc) is 2.37. The number of alkyl halides is 1. The molecule has 1 heterocycles. The Kier molecular flexibility index (Phi) is 3.71. The van der Waals surface area contributed by atoms with Gasteiger partial charge in [-0.05, 0) is 19.1 Å². The molecule has 20 heavy (non-hydrogen) atoms. The second-order valence-electron chi connectivity index (χ2n) is 3.89. The zero-order valence-corrected chi connectivity index (χ0v) is 11.0. The van der Waals surface area contributed by atoms with Crippen LogP contribution in [0.1, 0.15) is 5.56 Å². The molecule has 0 atom stereocenters. The van der Waals surface area contributed by atoms with Crippen LogP contribution in [0.4, 0.5) is 5.69 Å². The topological polar surface area (TPSA) is 99.7 Å². The van der Waals surface area contributed by atoms with E-state index in [2.05, 4.69) is 0 Å². The van der Waals surface area contributed by atoms with Crippen molar-refractivity contribution < 1.29 is 18.9 Å². The number of nitrogens with zero attached hydrogens (tertiary/aromatic N) is 1. The van der Waals surface area contributed by atoms with Crippen molar-refractivity contribution in [3.05, 3.63) is 44.3 Å². The fourth-order valence-corrected chi connectivity index (χ4v) is 1.81. The highest BCUT2D eigenvalue weighted by Gasteiger charge is 2.21. The standard InChI is InChI=1S/C12H8ClNO6/c1-6-8-3-2-7(19-10(15)5-13)4-9(8)20-12(16)11(6)14(17)18/h2-4H,5H2,1H3. The number of carbonyl (C=O) groups is 1. The molecule has 0 N–H and O–H groups in total. The Morgan fingerprint density at radius 2 is 2.20 bits per heavy atom. The molecule has 1 aromatic heterocycles. The van der Waals surface area contributed by atoms with Gasteiger partial charge in [-0.25, -0.2) is 4.79 Å². The summed E-state index contributed by atoms with van der Waals surface area (Å²) in [5.41, 5.74) is -1.38. The van der Waals surface area contributed by atoms with Crippen LogP contribution in [0.3, 0.4) is 0 Å². The lowest BCUT2D eigenvalue weighted by Gasteiger charge is -2.05. The number of aryl methyl sites for hydroxylation is 1. The van der Waals surface area contributed by atoms with Crippen LogP contribution in [0.15, 0.2) is 27.4 Å². The van der Waals surface area contributed by atoms with Gasteiger partial charge in [-0.15, -0.1) is 11.6 Å². The largest absolute Gasteiger partial charge is 0.426 e. The summed E-state index contributed by atoms with van der Waals surface area (Å²) in [6.07, 6.45) is 0. The number of rotatable bonds is 3. The predicted molar refractivity (Wildman–Crippen MR) is 70.2 cm³/mol. The van der Waals surface area contributed by atoms with Gasteiger partial charge in [-0.1, -0.05) is 0 Å². The molecular weight excluding hydrogens is 290 g/mol. The van der Waals surface area contributed by atoms with Crippen molar-refractivity contribution in [3.8, 4) is 5.75 Å². The number of hydrogen-bond donors (Lipinski definition) is 0. The molecule has 104 valence electrons. The molecular formula is C12H8ClNO6. The Labute approximate surface area is 116 Å². The van der Waals surface area contributed by atoms with Crippen molar-refractivity contribution in [2.75, 3.05) is 5.88 Å². The minimum atomic E-state index is -1.05. The van der Waals surface area contributed by atoms with E-state index >= 15 is 0 Å². The summed E-state index contributed by atoms with van der Waals surface area (Å²) in [6, 6.07) is 4.21. The van der Waals surface area contributed by atoms with Gasteiger partial charge in [-0.3, -0.25) is 14.9 Å². The highest BCUT2D eigenvalue weighted by Crippen LogP contribution is 2.26. The maximum absolute atomic E-state index is 11.5. The fourth-order valence-electron chi connectivity index (χ4n) is 1.76. The van der Waals surface area contributed by atoms with E-state index in [0.29, 0.717) is 5.39 Å². The molecule has 7 nitrogen and oxygen atoms in total. The van der Waals surface area contributed by atoms with Crippen molar-refractivity contribution in [1.29, 1.82) is 0 Å². The van der Waals surface area contributed by atoms with Crippen LogP contribution in [0.25, 0.3) is 11.0 Å². The molecule has 1 aromatic carbocycles. The fraction of sp³-hybridized carbons (Fsp3) is 0.167. The molecule has 0 bridgehead atoms. The average molecular weight is 298 g/mol. The number of ether oxygens (including phenoxy) is 1. The normalized spacial score (nSPS) is 10.5. The third-order valence-corrected chi connectivity index (χ3v) is 2.85. The molecule has 0 saturated heterocycles. The van der Waals surface area contributed by atoms with Gasteiger partial charge in [0.25, 0.3) is 0 Å². The van der Waals surface area contributed by atoms with E-state index in [1.54, 1.807) is 0 Å². The molecule has 2 rings (SSSR count). The molecule has 0 saturated carbocycles. The molecule has 8 heteroatoms. The van der Waals surface area contributed by atoms with Crippen LogP contribution in [0.2, 0.25) is 0 Å². The molecule has 2 aromatic rings. The Hall–Kier alpha value is -2.41. The first kappa shape index (κ1) is 14.0. The number of halogens is 1. The first-order chi connectivity index (χ1) is 9.43. The van der Waals surface area contributed by atoms with E-state index in [9.17, 15) is 19.7 Å². The first-order valence-electron chi connectivity index (χ1n) is 5.42. The molecule has 0 radical (unpaired) electrons. The van der Waals surface area contributed by atoms with Gasteiger partial charge >= 0.3 is 17.3 Å². The van der Waals surface area contributed by atoms with Crippen molar-refractivity contribution in [2.45, 2.75) is 6.92 Å². The number of fused-ring (bicyclic) bond motifs is 1. The van der Waals surface area contributed by atoms with E-state index in [4.69, 9.17) is 20.8 Å². The summed E-state index contributed by atoms with van der Waals surface area (Å²) in [5, 5.41) is 11.2. The quantitative estimate of drug-likeness (QED) is 0.215. The Bertz CT molecular complexity index is 766. The predicted octanol–water partition coefficient (Wildman–Crippen LogP) is 2.15. The molecule has 0 aliphatic carbocycles. The maximum atomic E-state index is 11.5. The first-order valence-corrected chi connectivity index (χ1v) is 5.96. The smallest absolute Gasteiger partial charge is 0.415 e. The Balaban J connectivity index is 2.61. The summed E-state index contributed by atoms with van der Waals surface area (Å²) in [7, 11) is 0. The van der Waals surface area contributed by atoms with Crippen LogP contribution in [-0.4, -0.2) is 16.8 Å². The van der Waals surface area contributed by atoms with Gasteiger partial charge in [0.2, 0.25) is 0 Å². The minimum Gasteiger partial charge on any atom is -0.426 e. The van der Waals surface area contributed by atoms with E-state index in [1.165, 1.54) is 25.1 Å². The third-order valence-electron chi connectivity index (χ3n) is 2.63. The summed E-state index contributed by atoms with van der Waals surface area (Å²) >= 11 is 5.30. The maximum Gasteiger partial charge on any atom is 0.415 e. The Morgan fingerprint density at radius 1 is 1.50 bits per heavy atom. The van der Waals surface area contributed by atoms with Gasteiger partial charge in [0.15, 0.2) is 0 Å². The van der Waals surface area contributed by atoms with E-state index in [0.717, 1.165) is 0 Å². The molecule has 0 aliphatic heterocycles. The van der Waals surface area contributed by atoms with Crippen molar-refractivity contribution in [1.82, 2.24) is 0 Å². The molecule has 0 fully saturated rings. The zero-order chi connectivity index (χ0) is 14.9. The molecule has 0 amide bonds. The molecule has 0 spiro atoms. The monoisotopic (exact) mass is 297 g/mol. The van der Waals surface area contributed by atoms with Gasteiger partial charge in [0.1, 0.15) is 17.2 Å². The summed E-state index contributed by atoms with van der Waals surface area (Å²) < 4.78 is 9.73. The van der Waals surface area contributed by atoms with Gasteiger partial charge < -0.3 is 9.15 Å².